The second-order valence-electron chi connectivity index (χ2n) is 5.37. The summed E-state index contributed by atoms with van der Waals surface area (Å²) in [5.41, 5.74) is 3.57. The number of aryl methyl sites for hydroxylation is 2. The van der Waals surface area contributed by atoms with Crippen molar-refractivity contribution in [3.8, 4) is 6.07 Å². The molecule has 0 aromatic carbocycles. The van der Waals surface area contributed by atoms with Gasteiger partial charge in [-0.2, -0.15) is 10.4 Å². The van der Waals surface area contributed by atoms with Gasteiger partial charge in [0.1, 0.15) is 0 Å². The van der Waals surface area contributed by atoms with Gasteiger partial charge in [0.2, 0.25) is 0 Å². The third kappa shape index (κ3) is 2.28. The molecule has 4 heteroatoms. The Morgan fingerprint density at radius 2 is 2.17 bits per heavy atom. The van der Waals surface area contributed by atoms with Crippen molar-refractivity contribution in [1.29, 1.82) is 5.26 Å². The van der Waals surface area contributed by atoms with Gasteiger partial charge in [-0.1, -0.05) is 6.42 Å². The van der Waals surface area contributed by atoms with Crippen molar-refractivity contribution < 1.29 is 0 Å². The summed E-state index contributed by atoms with van der Waals surface area (Å²) in [5.74, 6) is 0.171. The minimum absolute atomic E-state index is 0.171. The summed E-state index contributed by atoms with van der Waals surface area (Å²) in [5, 5.41) is 17.2. The minimum atomic E-state index is 0.171. The molecule has 0 saturated heterocycles. The lowest BCUT2D eigenvalue weighted by atomic mass is 10.0. The van der Waals surface area contributed by atoms with Crippen LogP contribution in [0.4, 0.5) is 0 Å². The van der Waals surface area contributed by atoms with E-state index < -0.39 is 0 Å². The van der Waals surface area contributed by atoms with Crippen LogP contribution in [0.15, 0.2) is 0 Å². The van der Waals surface area contributed by atoms with Crippen LogP contribution in [-0.2, 0) is 7.05 Å². The van der Waals surface area contributed by atoms with Crippen LogP contribution in [0.2, 0.25) is 0 Å². The van der Waals surface area contributed by atoms with E-state index in [-0.39, 0.29) is 12.0 Å². The van der Waals surface area contributed by atoms with Gasteiger partial charge in [-0.05, 0) is 33.6 Å². The Balaban J connectivity index is 2.12. The first-order valence-corrected chi connectivity index (χ1v) is 6.70. The van der Waals surface area contributed by atoms with Gasteiger partial charge in [0, 0.05) is 30.4 Å². The molecule has 4 nitrogen and oxygen atoms in total. The first-order valence-electron chi connectivity index (χ1n) is 6.70. The predicted octanol–water partition coefficient (Wildman–Crippen LogP) is 2.38. The number of hydrogen-bond donors (Lipinski definition) is 1. The quantitative estimate of drug-likeness (QED) is 0.891. The summed E-state index contributed by atoms with van der Waals surface area (Å²) in [7, 11) is 1.98. The molecule has 1 aromatic heterocycles. The SMILES string of the molecule is Cc1nn(C)c(C)c1C(C)NC1CCCC1C#N. The van der Waals surface area contributed by atoms with E-state index >= 15 is 0 Å². The fraction of sp³-hybridized carbons (Fsp3) is 0.714. The lowest BCUT2D eigenvalue weighted by molar-refractivity contribution is 0.416. The molecule has 1 heterocycles. The average molecular weight is 246 g/mol. The molecule has 98 valence electrons. The number of nitrogens with zero attached hydrogens (tertiary/aromatic N) is 3. The Bertz CT molecular complexity index is 469. The molecule has 1 aliphatic carbocycles. The molecule has 1 fully saturated rings. The largest absolute Gasteiger partial charge is 0.306 e. The summed E-state index contributed by atoms with van der Waals surface area (Å²) in [6, 6.07) is 3.02. The molecule has 3 unspecified atom stereocenters. The van der Waals surface area contributed by atoms with Crippen LogP contribution in [0.1, 0.15) is 49.2 Å². The number of rotatable bonds is 3. The molecule has 1 aliphatic rings. The van der Waals surface area contributed by atoms with Gasteiger partial charge in [-0.3, -0.25) is 4.68 Å². The molecular formula is C14H22N4. The third-order valence-electron chi connectivity index (χ3n) is 4.14. The maximum Gasteiger partial charge on any atom is 0.0672 e. The van der Waals surface area contributed by atoms with Crippen LogP contribution in [0.3, 0.4) is 0 Å². The Morgan fingerprint density at radius 1 is 1.44 bits per heavy atom. The zero-order chi connectivity index (χ0) is 13.3. The smallest absolute Gasteiger partial charge is 0.0672 e. The Labute approximate surface area is 109 Å². The third-order valence-corrected chi connectivity index (χ3v) is 4.14. The molecule has 1 saturated carbocycles. The fourth-order valence-corrected chi connectivity index (χ4v) is 3.14. The highest BCUT2D eigenvalue weighted by Crippen LogP contribution is 2.28. The van der Waals surface area contributed by atoms with E-state index in [4.69, 9.17) is 5.26 Å². The molecule has 1 N–H and O–H groups in total. The maximum absolute atomic E-state index is 9.13. The van der Waals surface area contributed by atoms with Gasteiger partial charge < -0.3 is 5.32 Å². The van der Waals surface area contributed by atoms with Gasteiger partial charge in [0.05, 0.1) is 17.7 Å². The molecule has 2 rings (SSSR count). The predicted molar refractivity (Wildman–Crippen MR) is 71.0 cm³/mol. The van der Waals surface area contributed by atoms with Crippen LogP contribution in [-0.4, -0.2) is 15.8 Å². The first kappa shape index (κ1) is 13.1. The van der Waals surface area contributed by atoms with E-state index in [0.717, 1.165) is 25.0 Å². The van der Waals surface area contributed by atoms with Crippen LogP contribution >= 0.6 is 0 Å². The fourth-order valence-electron chi connectivity index (χ4n) is 3.14. The molecule has 0 spiro atoms. The lowest BCUT2D eigenvalue weighted by Gasteiger charge is -2.22. The van der Waals surface area contributed by atoms with Crippen molar-refractivity contribution in [2.75, 3.05) is 0 Å². The van der Waals surface area contributed by atoms with Crippen molar-refractivity contribution >= 4 is 0 Å². The van der Waals surface area contributed by atoms with E-state index in [0.29, 0.717) is 6.04 Å². The van der Waals surface area contributed by atoms with E-state index in [1.54, 1.807) is 0 Å². The van der Waals surface area contributed by atoms with Crippen molar-refractivity contribution in [3.05, 3.63) is 17.0 Å². The summed E-state index contributed by atoms with van der Waals surface area (Å²) < 4.78 is 1.93. The molecular weight excluding hydrogens is 224 g/mol. The standard InChI is InChI=1S/C14H22N4/c1-9(14-10(2)17-18(4)11(14)3)16-13-7-5-6-12(13)8-15/h9,12-13,16H,5-7H2,1-4H3. The van der Waals surface area contributed by atoms with Gasteiger partial charge in [-0.15, -0.1) is 0 Å². The molecule has 0 aliphatic heterocycles. The second-order valence-corrected chi connectivity index (χ2v) is 5.37. The number of aromatic nitrogens is 2. The zero-order valence-electron chi connectivity index (χ0n) is 11.7. The number of hydrogen-bond acceptors (Lipinski definition) is 3. The highest BCUT2D eigenvalue weighted by Gasteiger charge is 2.29. The summed E-state index contributed by atoms with van der Waals surface area (Å²) in [6.45, 7) is 6.32. The number of nitriles is 1. The zero-order valence-corrected chi connectivity index (χ0v) is 11.7. The highest BCUT2D eigenvalue weighted by atomic mass is 15.3. The Kier molecular flexibility index (Phi) is 3.72. The highest BCUT2D eigenvalue weighted by molar-refractivity contribution is 5.27. The average Bonchev–Trinajstić information content (AvgIpc) is 2.85. The van der Waals surface area contributed by atoms with Crippen molar-refractivity contribution in [2.45, 2.75) is 52.1 Å². The number of nitrogens with one attached hydrogen (secondary N) is 1. The molecule has 0 radical (unpaired) electrons. The van der Waals surface area contributed by atoms with Crippen LogP contribution in [0.5, 0.6) is 0 Å². The van der Waals surface area contributed by atoms with Crippen LogP contribution < -0.4 is 5.32 Å². The summed E-state index contributed by atoms with van der Waals surface area (Å²) in [4.78, 5) is 0. The van der Waals surface area contributed by atoms with Gasteiger partial charge in [-0.25, -0.2) is 0 Å². The summed E-state index contributed by atoms with van der Waals surface area (Å²) >= 11 is 0. The maximum atomic E-state index is 9.13. The second kappa shape index (κ2) is 5.11. The monoisotopic (exact) mass is 246 g/mol. The minimum Gasteiger partial charge on any atom is -0.306 e. The van der Waals surface area contributed by atoms with E-state index in [1.165, 1.54) is 11.3 Å². The molecule has 0 bridgehead atoms. The molecule has 1 aromatic rings. The molecule has 18 heavy (non-hydrogen) atoms. The van der Waals surface area contributed by atoms with Crippen molar-refractivity contribution in [1.82, 2.24) is 15.1 Å². The molecule has 0 amide bonds. The topological polar surface area (TPSA) is 53.6 Å². The first-order chi connectivity index (χ1) is 8.54. The Morgan fingerprint density at radius 3 is 2.72 bits per heavy atom. The van der Waals surface area contributed by atoms with Gasteiger partial charge in [0.25, 0.3) is 0 Å². The van der Waals surface area contributed by atoms with Gasteiger partial charge >= 0.3 is 0 Å². The van der Waals surface area contributed by atoms with Gasteiger partial charge in [0.15, 0.2) is 0 Å². The summed E-state index contributed by atoms with van der Waals surface area (Å²) in [6.07, 6.45) is 3.31. The van der Waals surface area contributed by atoms with Crippen molar-refractivity contribution in [2.24, 2.45) is 13.0 Å². The molecule has 3 atom stereocenters. The Hall–Kier alpha value is -1.34. The van der Waals surface area contributed by atoms with Crippen LogP contribution in [0.25, 0.3) is 0 Å². The van der Waals surface area contributed by atoms with Crippen molar-refractivity contribution in [3.63, 3.8) is 0 Å². The lowest BCUT2D eigenvalue weighted by Crippen LogP contribution is -2.34. The van der Waals surface area contributed by atoms with E-state index in [9.17, 15) is 0 Å². The van der Waals surface area contributed by atoms with E-state index in [2.05, 4.69) is 37.3 Å². The normalized spacial score (nSPS) is 25.1. The van der Waals surface area contributed by atoms with E-state index in [1.807, 2.05) is 11.7 Å². The van der Waals surface area contributed by atoms with Crippen LogP contribution in [0, 0.1) is 31.1 Å².